The molecule has 0 aliphatic rings. The highest BCUT2D eigenvalue weighted by Gasteiger charge is 2.17. The summed E-state index contributed by atoms with van der Waals surface area (Å²) in [5.74, 6) is 0.765. The van der Waals surface area contributed by atoms with E-state index in [1.54, 1.807) is 25.6 Å². The zero-order chi connectivity index (χ0) is 15.2. The standard InChI is InChI=1S/C16H18Cl2N2O/c1-3-20-14(12-7-8-19-10-15(12)21-2)9-11-5-4-6-13(17)16(11)18/h4-8,10,14,20H,3,9H2,1-2H3. The first-order valence-electron chi connectivity index (χ1n) is 6.81. The van der Waals surface area contributed by atoms with Gasteiger partial charge in [-0.25, -0.2) is 0 Å². The van der Waals surface area contributed by atoms with E-state index in [-0.39, 0.29) is 6.04 Å². The number of halogens is 2. The molecule has 21 heavy (non-hydrogen) atoms. The fraction of sp³-hybridized carbons (Fsp3) is 0.312. The van der Waals surface area contributed by atoms with Gasteiger partial charge in [-0.3, -0.25) is 4.98 Å². The van der Waals surface area contributed by atoms with E-state index in [4.69, 9.17) is 27.9 Å². The van der Waals surface area contributed by atoms with E-state index >= 15 is 0 Å². The molecule has 0 aliphatic heterocycles. The molecule has 0 spiro atoms. The molecule has 0 saturated carbocycles. The lowest BCUT2D eigenvalue weighted by molar-refractivity contribution is 0.397. The second-order valence-corrected chi connectivity index (χ2v) is 5.43. The molecule has 3 nitrogen and oxygen atoms in total. The lowest BCUT2D eigenvalue weighted by Crippen LogP contribution is -2.23. The number of hydrogen-bond donors (Lipinski definition) is 1. The molecule has 0 saturated heterocycles. The van der Waals surface area contributed by atoms with Gasteiger partial charge in [0, 0.05) is 17.8 Å². The van der Waals surface area contributed by atoms with Crippen molar-refractivity contribution in [2.75, 3.05) is 13.7 Å². The number of rotatable bonds is 6. The van der Waals surface area contributed by atoms with Gasteiger partial charge in [-0.15, -0.1) is 0 Å². The summed E-state index contributed by atoms with van der Waals surface area (Å²) in [6.45, 7) is 2.91. The highest BCUT2D eigenvalue weighted by atomic mass is 35.5. The third kappa shape index (κ3) is 3.88. The first kappa shape index (κ1) is 16.1. The number of nitrogens with zero attached hydrogens (tertiary/aromatic N) is 1. The summed E-state index contributed by atoms with van der Waals surface area (Å²) in [4.78, 5) is 4.10. The van der Waals surface area contributed by atoms with E-state index in [1.165, 1.54) is 0 Å². The summed E-state index contributed by atoms with van der Waals surface area (Å²) < 4.78 is 5.40. The van der Waals surface area contributed by atoms with Crippen molar-refractivity contribution in [1.82, 2.24) is 10.3 Å². The van der Waals surface area contributed by atoms with Gasteiger partial charge < -0.3 is 10.1 Å². The van der Waals surface area contributed by atoms with Crippen LogP contribution in [0.25, 0.3) is 0 Å². The zero-order valence-electron chi connectivity index (χ0n) is 12.1. The predicted molar refractivity (Wildman–Crippen MR) is 87.4 cm³/mol. The maximum atomic E-state index is 6.30. The van der Waals surface area contributed by atoms with Crippen LogP contribution in [-0.4, -0.2) is 18.6 Å². The Bertz CT molecular complexity index is 605. The van der Waals surface area contributed by atoms with Crippen LogP contribution in [0, 0.1) is 0 Å². The Balaban J connectivity index is 2.33. The third-order valence-corrected chi connectivity index (χ3v) is 4.18. The van der Waals surface area contributed by atoms with Gasteiger partial charge in [0.2, 0.25) is 0 Å². The van der Waals surface area contributed by atoms with Crippen molar-refractivity contribution in [3.05, 3.63) is 57.8 Å². The van der Waals surface area contributed by atoms with E-state index in [0.717, 1.165) is 29.8 Å². The molecule has 1 aromatic carbocycles. The number of nitrogens with one attached hydrogen (secondary N) is 1. The molecule has 0 aliphatic carbocycles. The molecule has 0 fully saturated rings. The van der Waals surface area contributed by atoms with E-state index in [1.807, 2.05) is 18.2 Å². The van der Waals surface area contributed by atoms with Crippen LogP contribution >= 0.6 is 23.2 Å². The molecule has 0 bridgehead atoms. The van der Waals surface area contributed by atoms with Crippen molar-refractivity contribution >= 4 is 23.2 Å². The Kier molecular flexibility index (Phi) is 5.85. The highest BCUT2D eigenvalue weighted by Crippen LogP contribution is 2.31. The van der Waals surface area contributed by atoms with Crippen molar-refractivity contribution in [2.45, 2.75) is 19.4 Å². The van der Waals surface area contributed by atoms with Crippen LogP contribution < -0.4 is 10.1 Å². The summed E-state index contributed by atoms with van der Waals surface area (Å²) in [6, 6.07) is 7.75. The minimum atomic E-state index is 0.0870. The fourth-order valence-electron chi connectivity index (χ4n) is 2.31. The molecule has 1 aromatic heterocycles. The topological polar surface area (TPSA) is 34.2 Å². The molecular weight excluding hydrogens is 307 g/mol. The third-order valence-electron chi connectivity index (χ3n) is 3.32. The number of methoxy groups -OCH3 is 1. The van der Waals surface area contributed by atoms with Gasteiger partial charge >= 0.3 is 0 Å². The van der Waals surface area contributed by atoms with Gasteiger partial charge in [0.1, 0.15) is 5.75 Å². The Hall–Kier alpha value is -1.29. The second kappa shape index (κ2) is 7.64. The van der Waals surface area contributed by atoms with Crippen LogP contribution in [0.5, 0.6) is 5.75 Å². The van der Waals surface area contributed by atoms with Crippen molar-refractivity contribution in [3.8, 4) is 5.75 Å². The quantitative estimate of drug-likeness (QED) is 0.860. The lowest BCUT2D eigenvalue weighted by Gasteiger charge is -2.21. The summed E-state index contributed by atoms with van der Waals surface area (Å²) in [7, 11) is 1.65. The molecule has 1 unspecified atom stereocenters. The van der Waals surface area contributed by atoms with Crippen LogP contribution in [0.4, 0.5) is 0 Å². The van der Waals surface area contributed by atoms with Crippen molar-refractivity contribution in [1.29, 1.82) is 0 Å². The van der Waals surface area contributed by atoms with Crippen LogP contribution in [0.3, 0.4) is 0 Å². The number of benzene rings is 1. The van der Waals surface area contributed by atoms with Gasteiger partial charge in [-0.2, -0.15) is 0 Å². The highest BCUT2D eigenvalue weighted by molar-refractivity contribution is 6.42. The number of aromatic nitrogens is 1. The Morgan fingerprint density at radius 1 is 1.29 bits per heavy atom. The number of ether oxygens (including phenoxy) is 1. The molecular formula is C16H18Cl2N2O. The molecule has 0 amide bonds. The van der Waals surface area contributed by atoms with Crippen molar-refractivity contribution in [2.24, 2.45) is 0 Å². The minimum absolute atomic E-state index is 0.0870. The summed E-state index contributed by atoms with van der Waals surface area (Å²) in [6.07, 6.45) is 4.22. The van der Waals surface area contributed by atoms with E-state index in [2.05, 4.69) is 17.2 Å². The monoisotopic (exact) mass is 324 g/mol. The SMILES string of the molecule is CCNC(Cc1cccc(Cl)c1Cl)c1ccncc1OC. The van der Waals surface area contributed by atoms with Gasteiger partial charge in [0.15, 0.2) is 0 Å². The summed E-state index contributed by atoms with van der Waals surface area (Å²) in [5, 5.41) is 4.64. The number of hydrogen-bond acceptors (Lipinski definition) is 3. The summed E-state index contributed by atoms with van der Waals surface area (Å²) in [5.41, 5.74) is 2.07. The van der Waals surface area contributed by atoms with E-state index in [0.29, 0.717) is 10.0 Å². The average Bonchev–Trinajstić information content (AvgIpc) is 2.51. The van der Waals surface area contributed by atoms with E-state index < -0.39 is 0 Å². The van der Waals surface area contributed by atoms with Crippen LogP contribution in [-0.2, 0) is 6.42 Å². The maximum absolute atomic E-state index is 6.30. The predicted octanol–water partition coefficient (Wildman–Crippen LogP) is 4.29. The largest absolute Gasteiger partial charge is 0.495 e. The van der Waals surface area contributed by atoms with Crippen LogP contribution in [0.1, 0.15) is 24.1 Å². The fourth-order valence-corrected chi connectivity index (χ4v) is 2.71. The maximum Gasteiger partial charge on any atom is 0.141 e. The lowest BCUT2D eigenvalue weighted by atomic mass is 9.99. The average molecular weight is 325 g/mol. The Morgan fingerprint density at radius 2 is 2.10 bits per heavy atom. The van der Waals surface area contributed by atoms with Gasteiger partial charge in [-0.1, -0.05) is 42.3 Å². The second-order valence-electron chi connectivity index (χ2n) is 4.64. The first-order valence-corrected chi connectivity index (χ1v) is 7.57. The van der Waals surface area contributed by atoms with Crippen molar-refractivity contribution in [3.63, 3.8) is 0 Å². The molecule has 0 radical (unpaired) electrons. The Morgan fingerprint density at radius 3 is 2.81 bits per heavy atom. The van der Waals surface area contributed by atoms with Crippen LogP contribution in [0.15, 0.2) is 36.7 Å². The first-order chi connectivity index (χ1) is 10.2. The van der Waals surface area contributed by atoms with Gasteiger partial charge in [0.25, 0.3) is 0 Å². The minimum Gasteiger partial charge on any atom is -0.495 e. The van der Waals surface area contributed by atoms with Crippen molar-refractivity contribution < 1.29 is 4.74 Å². The number of likely N-dealkylation sites (N-methyl/N-ethyl adjacent to an activating group) is 1. The normalized spacial score (nSPS) is 12.2. The Labute approximate surface area is 135 Å². The van der Waals surface area contributed by atoms with Gasteiger partial charge in [0.05, 0.1) is 23.4 Å². The van der Waals surface area contributed by atoms with Crippen LogP contribution in [0.2, 0.25) is 10.0 Å². The zero-order valence-corrected chi connectivity index (χ0v) is 13.6. The summed E-state index contributed by atoms with van der Waals surface area (Å²) >= 11 is 12.4. The smallest absolute Gasteiger partial charge is 0.141 e. The number of pyridine rings is 1. The molecule has 2 aromatic rings. The van der Waals surface area contributed by atoms with Gasteiger partial charge in [-0.05, 0) is 30.7 Å². The molecule has 1 N–H and O–H groups in total. The molecule has 1 atom stereocenters. The van der Waals surface area contributed by atoms with E-state index in [9.17, 15) is 0 Å². The molecule has 2 rings (SSSR count). The molecule has 112 valence electrons. The molecule has 5 heteroatoms. The molecule has 1 heterocycles.